The van der Waals surface area contributed by atoms with Gasteiger partial charge in [-0.3, -0.25) is 0 Å². The fraction of sp³-hybridized carbons (Fsp3) is 0.571. The molecule has 5 heteroatoms. The molecule has 0 bridgehead atoms. The van der Waals surface area contributed by atoms with E-state index in [1.807, 2.05) is 24.3 Å². The zero-order valence-electron chi connectivity index (χ0n) is 11.4. The highest BCUT2D eigenvalue weighted by Crippen LogP contribution is 2.17. The summed E-state index contributed by atoms with van der Waals surface area (Å²) in [5.74, 6) is 1.18. The molecule has 0 radical (unpaired) electrons. The zero-order valence-corrected chi connectivity index (χ0v) is 13.0. The molecule has 0 aliphatic heterocycles. The molecule has 0 heterocycles. The number of benzene rings is 1. The number of methoxy groups -OCH3 is 1. The summed E-state index contributed by atoms with van der Waals surface area (Å²) in [7, 11) is 1.69. The Kier molecular flexibility index (Phi) is 8.05. The second-order valence-corrected chi connectivity index (χ2v) is 5.56. The summed E-state index contributed by atoms with van der Waals surface area (Å²) >= 11 is 3.38. The van der Waals surface area contributed by atoms with Crippen molar-refractivity contribution >= 4 is 15.9 Å². The van der Waals surface area contributed by atoms with Crippen LogP contribution in [0.4, 0.5) is 0 Å². The lowest BCUT2D eigenvalue weighted by Gasteiger charge is -2.15. The maximum atomic E-state index is 9.79. The van der Waals surface area contributed by atoms with Crippen LogP contribution >= 0.6 is 15.9 Å². The first kappa shape index (κ1) is 16.4. The van der Waals surface area contributed by atoms with Crippen LogP contribution in [0.25, 0.3) is 0 Å². The van der Waals surface area contributed by atoms with E-state index in [0.717, 1.165) is 23.4 Å². The summed E-state index contributed by atoms with van der Waals surface area (Å²) in [5.41, 5.74) is 0. The molecule has 2 atom stereocenters. The minimum Gasteiger partial charge on any atom is -0.491 e. The topological polar surface area (TPSA) is 50.7 Å². The molecule has 0 aliphatic rings. The first-order chi connectivity index (χ1) is 9.11. The number of ether oxygens (including phenoxy) is 2. The number of rotatable bonds is 9. The van der Waals surface area contributed by atoms with E-state index >= 15 is 0 Å². The Morgan fingerprint density at radius 2 is 2.11 bits per heavy atom. The molecule has 1 aromatic rings. The quantitative estimate of drug-likeness (QED) is 0.727. The summed E-state index contributed by atoms with van der Waals surface area (Å²) in [5, 5.41) is 13.0. The molecule has 0 aromatic heterocycles. The Morgan fingerprint density at radius 3 is 2.79 bits per heavy atom. The highest BCUT2D eigenvalue weighted by atomic mass is 79.9. The number of aliphatic hydroxyl groups excluding tert-OH is 1. The predicted molar refractivity (Wildman–Crippen MR) is 79.6 cm³/mol. The van der Waals surface area contributed by atoms with Crippen molar-refractivity contribution in [2.45, 2.75) is 13.0 Å². The van der Waals surface area contributed by atoms with E-state index < -0.39 is 6.10 Å². The molecular weight excluding hydrogens is 310 g/mol. The standard InChI is InChI=1S/C14H22BrNO3/c1-11(9-18-2)7-16-8-13(17)10-19-14-5-3-4-12(15)6-14/h3-6,11,13,16-17H,7-10H2,1-2H3. The van der Waals surface area contributed by atoms with Gasteiger partial charge in [-0.1, -0.05) is 28.9 Å². The highest BCUT2D eigenvalue weighted by Gasteiger charge is 2.07. The van der Waals surface area contributed by atoms with E-state index in [2.05, 4.69) is 28.2 Å². The molecular formula is C14H22BrNO3. The van der Waals surface area contributed by atoms with Crippen LogP contribution in [-0.4, -0.2) is 44.6 Å². The number of halogens is 1. The van der Waals surface area contributed by atoms with Gasteiger partial charge in [0.05, 0.1) is 0 Å². The lowest BCUT2D eigenvalue weighted by molar-refractivity contribution is 0.102. The van der Waals surface area contributed by atoms with Crippen LogP contribution < -0.4 is 10.1 Å². The van der Waals surface area contributed by atoms with E-state index in [1.54, 1.807) is 7.11 Å². The van der Waals surface area contributed by atoms with Gasteiger partial charge in [0.2, 0.25) is 0 Å². The van der Waals surface area contributed by atoms with Crippen molar-refractivity contribution in [2.75, 3.05) is 33.4 Å². The Labute approximate surface area is 123 Å². The number of hydrogen-bond acceptors (Lipinski definition) is 4. The minimum atomic E-state index is -0.520. The molecule has 108 valence electrons. The predicted octanol–water partition coefficient (Wildman–Crippen LogP) is 2.06. The Hall–Kier alpha value is -0.620. The van der Waals surface area contributed by atoms with Crippen LogP contribution in [-0.2, 0) is 4.74 Å². The Morgan fingerprint density at radius 1 is 1.32 bits per heavy atom. The molecule has 0 saturated carbocycles. The molecule has 2 unspecified atom stereocenters. The lowest BCUT2D eigenvalue weighted by atomic mass is 10.2. The van der Waals surface area contributed by atoms with Crippen LogP contribution in [0.1, 0.15) is 6.92 Å². The summed E-state index contributed by atoms with van der Waals surface area (Å²) < 4.78 is 11.5. The van der Waals surface area contributed by atoms with Crippen molar-refractivity contribution in [3.8, 4) is 5.75 Å². The zero-order chi connectivity index (χ0) is 14.1. The van der Waals surface area contributed by atoms with E-state index in [9.17, 15) is 5.11 Å². The van der Waals surface area contributed by atoms with Gasteiger partial charge in [-0.25, -0.2) is 0 Å². The maximum Gasteiger partial charge on any atom is 0.120 e. The summed E-state index contributed by atoms with van der Waals surface area (Å²) in [6.07, 6.45) is -0.520. The van der Waals surface area contributed by atoms with E-state index in [4.69, 9.17) is 9.47 Å². The molecule has 0 fully saturated rings. The van der Waals surface area contributed by atoms with Gasteiger partial charge in [0, 0.05) is 24.7 Å². The summed E-state index contributed by atoms with van der Waals surface area (Å²) in [6.45, 7) is 4.43. The fourth-order valence-corrected chi connectivity index (χ4v) is 2.03. The fourth-order valence-electron chi connectivity index (χ4n) is 1.65. The third kappa shape index (κ3) is 7.52. The van der Waals surface area contributed by atoms with Gasteiger partial charge in [-0.05, 0) is 30.7 Å². The largest absolute Gasteiger partial charge is 0.491 e. The normalized spacial score (nSPS) is 14.1. The second kappa shape index (κ2) is 9.31. The van der Waals surface area contributed by atoms with Gasteiger partial charge >= 0.3 is 0 Å². The van der Waals surface area contributed by atoms with Crippen molar-refractivity contribution in [3.05, 3.63) is 28.7 Å². The summed E-state index contributed by atoms with van der Waals surface area (Å²) in [6, 6.07) is 7.57. The van der Waals surface area contributed by atoms with Crippen molar-refractivity contribution in [1.82, 2.24) is 5.32 Å². The Balaban J connectivity index is 2.16. The maximum absolute atomic E-state index is 9.79. The first-order valence-corrected chi connectivity index (χ1v) is 7.17. The average molecular weight is 332 g/mol. The second-order valence-electron chi connectivity index (χ2n) is 4.64. The van der Waals surface area contributed by atoms with Crippen LogP contribution in [0.15, 0.2) is 28.7 Å². The van der Waals surface area contributed by atoms with Gasteiger partial charge < -0.3 is 19.9 Å². The van der Waals surface area contributed by atoms with Gasteiger partial charge in [0.15, 0.2) is 0 Å². The molecule has 1 rings (SSSR count). The van der Waals surface area contributed by atoms with Gasteiger partial charge in [0.1, 0.15) is 18.5 Å². The first-order valence-electron chi connectivity index (χ1n) is 6.38. The van der Waals surface area contributed by atoms with Crippen LogP contribution in [0.2, 0.25) is 0 Å². The van der Waals surface area contributed by atoms with Gasteiger partial charge in [-0.2, -0.15) is 0 Å². The number of hydrogen-bond donors (Lipinski definition) is 2. The molecule has 4 nitrogen and oxygen atoms in total. The Bertz CT molecular complexity index is 362. The SMILES string of the molecule is COCC(C)CNCC(O)COc1cccc(Br)c1. The smallest absolute Gasteiger partial charge is 0.120 e. The van der Waals surface area contributed by atoms with Gasteiger partial charge in [0.25, 0.3) is 0 Å². The molecule has 19 heavy (non-hydrogen) atoms. The molecule has 0 spiro atoms. The van der Waals surface area contributed by atoms with Crippen molar-refractivity contribution < 1.29 is 14.6 Å². The molecule has 2 N–H and O–H groups in total. The third-order valence-electron chi connectivity index (χ3n) is 2.56. The van der Waals surface area contributed by atoms with E-state index in [0.29, 0.717) is 12.5 Å². The average Bonchev–Trinajstić information content (AvgIpc) is 2.37. The third-order valence-corrected chi connectivity index (χ3v) is 3.06. The van der Waals surface area contributed by atoms with Crippen LogP contribution in [0.5, 0.6) is 5.75 Å². The lowest BCUT2D eigenvalue weighted by Crippen LogP contribution is -2.34. The molecule has 1 aromatic carbocycles. The number of nitrogens with one attached hydrogen (secondary N) is 1. The van der Waals surface area contributed by atoms with Crippen LogP contribution in [0, 0.1) is 5.92 Å². The number of aliphatic hydroxyl groups is 1. The van der Waals surface area contributed by atoms with E-state index in [1.165, 1.54) is 0 Å². The molecule has 0 amide bonds. The van der Waals surface area contributed by atoms with Crippen molar-refractivity contribution in [3.63, 3.8) is 0 Å². The van der Waals surface area contributed by atoms with Gasteiger partial charge in [-0.15, -0.1) is 0 Å². The molecule has 0 aliphatic carbocycles. The minimum absolute atomic E-state index is 0.280. The summed E-state index contributed by atoms with van der Waals surface area (Å²) in [4.78, 5) is 0. The van der Waals surface area contributed by atoms with Crippen molar-refractivity contribution in [2.24, 2.45) is 5.92 Å². The van der Waals surface area contributed by atoms with Crippen LogP contribution in [0.3, 0.4) is 0 Å². The monoisotopic (exact) mass is 331 g/mol. The molecule has 0 saturated heterocycles. The van der Waals surface area contributed by atoms with Crippen molar-refractivity contribution in [1.29, 1.82) is 0 Å². The highest BCUT2D eigenvalue weighted by molar-refractivity contribution is 9.10. The van der Waals surface area contributed by atoms with E-state index in [-0.39, 0.29) is 6.61 Å².